The van der Waals surface area contributed by atoms with Crippen molar-refractivity contribution in [2.75, 3.05) is 36.5 Å². The van der Waals surface area contributed by atoms with Gasteiger partial charge in [0.1, 0.15) is 6.04 Å². The number of hydrogen-bond acceptors (Lipinski definition) is 4. The summed E-state index contributed by atoms with van der Waals surface area (Å²) in [5.41, 5.74) is 3.44. The molecule has 0 aliphatic carbocycles. The van der Waals surface area contributed by atoms with Crippen LogP contribution in [0.3, 0.4) is 0 Å². The third kappa shape index (κ3) is 5.88. The van der Waals surface area contributed by atoms with E-state index < -0.39 is 6.04 Å². The molecular formula is C26H35N3O3. The Labute approximate surface area is 191 Å². The van der Waals surface area contributed by atoms with Gasteiger partial charge in [-0.05, 0) is 41.2 Å². The predicted molar refractivity (Wildman–Crippen MR) is 129 cm³/mol. The Morgan fingerprint density at radius 3 is 2.19 bits per heavy atom. The summed E-state index contributed by atoms with van der Waals surface area (Å²) in [5.74, 6) is -0.538. The number of ether oxygens (including phenoxy) is 1. The van der Waals surface area contributed by atoms with E-state index in [1.54, 1.807) is 0 Å². The molecule has 1 heterocycles. The first-order valence-corrected chi connectivity index (χ1v) is 11.3. The monoisotopic (exact) mass is 437 g/mol. The molecule has 6 heteroatoms. The number of hydrogen-bond donors (Lipinski definition) is 2. The van der Waals surface area contributed by atoms with Gasteiger partial charge in [-0.1, -0.05) is 58.9 Å². The van der Waals surface area contributed by atoms with Crippen molar-refractivity contribution in [1.29, 1.82) is 0 Å². The molecule has 32 heavy (non-hydrogen) atoms. The summed E-state index contributed by atoms with van der Waals surface area (Å²) in [7, 11) is 0. The zero-order chi connectivity index (χ0) is 23.3. The Bertz CT molecular complexity index is 926. The highest BCUT2D eigenvalue weighted by atomic mass is 16.5. The number of nitrogens with one attached hydrogen (secondary N) is 2. The lowest BCUT2D eigenvalue weighted by atomic mass is 9.86. The number of benzene rings is 2. The summed E-state index contributed by atoms with van der Waals surface area (Å²) in [6.07, 6.45) is 0. The Balaban J connectivity index is 1.72. The van der Waals surface area contributed by atoms with Gasteiger partial charge in [0.25, 0.3) is 5.91 Å². The molecule has 1 atom stereocenters. The highest BCUT2D eigenvalue weighted by Gasteiger charge is 2.26. The number of nitrogens with zero attached hydrogens (tertiary/aromatic N) is 1. The number of para-hydroxylation sites is 2. The average Bonchev–Trinajstić information content (AvgIpc) is 2.77. The van der Waals surface area contributed by atoms with Crippen molar-refractivity contribution in [3.05, 3.63) is 59.7 Å². The molecular weight excluding hydrogens is 402 g/mol. The van der Waals surface area contributed by atoms with Gasteiger partial charge >= 0.3 is 0 Å². The molecule has 2 aromatic carbocycles. The summed E-state index contributed by atoms with van der Waals surface area (Å²) in [4.78, 5) is 28.3. The van der Waals surface area contributed by atoms with Crippen LogP contribution in [0, 0.1) is 5.92 Å². The van der Waals surface area contributed by atoms with Gasteiger partial charge in [0, 0.05) is 18.7 Å². The van der Waals surface area contributed by atoms with Crippen LogP contribution in [-0.2, 0) is 14.9 Å². The lowest BCUT2D eigenvalue weighted by Crippen LogP contribution is -2.47. The number of morpholine rings is 1. The first-order chi connectivity index (χ1) is 15.2. The van der Waals surface area contributed by atoms with Gasteiger partial charge < -0.3 is 20.3 Å². The fourth-order valence-electron chi connectivity index (χ4n) is 3.75. The molecule has 2 amide bonds. The smallest absolute Gasteiger partial charge is 0.251 e. The lowest BCUT2D eigenvalue weighted by Gasteiger charge is -2.31. The minimum atomic E-state index is -0.650. The van der Waals surface area contributed by atoms with Gasteiger partial charge in [-0.2, -0.15) is 0 Å². The maximum atomic E-state index is 13.2. The Morgan fingerprint density at radius 1 is 0.969 bits per heavy atom. The van der Waals surface area contributed by atoms with Crippen LogP contribution in [0.15, 0.2) is 48.5 Å². The van der Waals surface area contributed by atoms with Crippen LogP contribution in [0.4, 0.5) is 11.4 Å². The SMILES string of the molecule is CC(C)C(NC(=O)c1ccc(C(C)(C)C)cc1)C(=O)Nc1ccccc1N1CCOCC1. The van der Waals surface area contributed by atoms with Crippen LogP contribution in [0.5, 0.6) is 0 Å². The van der Waals surface area contributed by atoms with Crippen molar-refractivity contribution in [1.82, 2.24) is 5.32 Å². The minimum Gasteiger partial charge on any atom is -0.378 e. The standard InChI is InChI=1S/C26H35N3O3/c1-18(2)23(28-24(30)19-10-12-20(13-11-19)26(3,4)5)25(31)27-21-8-6-7-9-22(21)29-14-16-32-17-15-29/h6-13,18,23H,14-17H2,1-5H3,(H,27,31)(H,28,30). The molecule has 2 N–H and O–H groups in total. The number of amides is 2. The zero-order valence-electron chi connectivity index (χ0n) is 19.8. The van der Waals surface area contributed by atoms with E-state index in [2.05, 4.69) is 36.3 Å². The fraction of sp³-hybridized carbons (Fsp3) is 0.462. The molecule has 0 saturated carbocycles. The summed E-state index contributed by atoms with van der Waals surface area (Å²) in [5, 5.41) is 5.96. The predicted octanol–water partition coefficient (Wildman–Crippen LogP) is 4.21. The van der Waals surface area contributed by atoms with Gasteiger partial charge in [-0.15, -0.1) is 0 Å². The summed E-state index contributed by atoms with van der Waals surface area (Å²) >= 11 is 0. The van der Waals surface area contributed by atoms with Crippen molar-refractivity contribution in [2.45, 2.75) is 46.1 Å². The maximum Gasteiger partial charge on any atom is 0.251 e. The van der Waals surface area contributed by atoms with E-state index >= 15 is 0 Å². The maximum absolute atomic E-state index is 13.2. The summed E-state index contributed by atoms with van der Waals surface area (Å²) in [6.45, 7) is 13.2. The molecule has 2 aromatic rings. The van der Waals surface area contributed by atoms with Crippen molar-refractivity contribution in [3.8, 4) is 0 Å². The van der Waals surface area contributed by atoms with E-state index in [0.29, 0.717) is 18.8 Å². The molecule has 1 saturated heterocycles. The van der Waals surface area contributed by atoms with E-state index in [0.717, 1.165) is 30.0 Å². The highest BCUT2D eigenvalue weighted by molar-refractivity contribution is 6.02. The number of carbonyl (C=O) groups excluding carboxylic acids is 2. The van der Waals surface area contributed by atoms with Crippen LogP contribution in [0.25, 0.3) is 0 Å². The molecule has 0 bridgehead atoms. The first kappa shape index (κ1) is 23.8. The van der Waals surface area contributed by atoms with Gasteiger partial charge in [-0.25, -0.2) is 0 Å². The molecule has 1 unspecified atom stereocenters. The Morgan fingerprint density at radius 2 is 1.59 bits per heavy atom. The van der Waals surface area contributed by atoms with Crippen molar-refractivity contribution < 1.29 is 14.3 Å². The first-order valence-electron chi connectivity index (χ1n) is 11.3. The van der Waals surface area contributed by atoms with Crippen LogP contribution in [-0.4, -0.2) is 44.2 Å². The quantitative estimate of drug-likeness (QED) is 0.710. The molecule has 1 aliphatic rings. The van der Waals surface area contributed by atoms with Crippen molar-refractivity contribution >= 4 is 23.2 Å². The summed E-state index contributed by atoms with van der Waals surface area (Å²) < 4.78 is 5.45. The lowest BCUT2D eigenvalue weighted by molar-refractivity contribution is -0.118. The van der Waals surface area contributed by atoms with Crippen LogP contribution < -0.4 is 15.5 Å². The average molecular weight is 438 g/mol. The molecule has 6 nitrogen and oxygen atoms in total. The molecule has 172 valence electrons. The van der Waals surface area contributed by atoms with E-state index in [1.807, 2.05) is 62.4 Å². The molecule has 0 spiro atoms. The van der Waals surface area contributed by atoms with E-state index in [1.165, 1.54) is 0 Å². The third-order valence-corrected chi connectivity index (χ3v) is 5.76. The second kappa shape index (κ2) is 10.2. The minimum absolute atomic E-state index is 0.0171. The van der Waals surface area contributed by atoms with Crippen LogP contribution >= 0.6 is 0 Å². The highest BCUT2D eigenvalue weighted by Crippen LogP contribution is 2.27. The zero-order valence-corrected chi connectivity index (χ0v) is 19.8. The van der Waals surface area contributed by atoms with Crippen LogP contribution in [0.2, 0.25) is 0 Å². The number of rotatable bonds is 6. The van der Waals surface area contributed by atoms with Crippen molar-refractivity contribution in [3.63, 3.8) is 0 Å². The van der Waals surface area contributed by atoms with Gasteiger partial charge in [0.2, 0.25) is 5.91 Å². The molecule has 0 aromatic heterocycles. The van der Waals surface area contributed by atoms with E-state index in [9.17, 15) is 9.59 Å². The second-order valence-corrected chi connectivity index (χ2v) is 9.63. The fourth-order valence-corrected chi connectivity index (χ4v) is 3.75. The van der Waals surface area contributed by atoms with Gasteiger partial charge in [0.15, 0.2) is 0 Å². The number of anilines is 2. The Kier molecular flexibility index (Phi) is 7.56. The molecule has 3 rings (SSSR count). The van der Waals surface area contributed by atoms with Crippen molar-refractivity contribution in [2.24, 2.45) is 5.92 Å². The van der Waals surface area contributed by atoms with E-state index in [4.69, 9.17) is 4.74 Å². The summed E-state index contributed by atoms with van der Waals surface area (Å²) in [6, 6.07) is 14.7. The van der Waals surface area contributed by atoms with Crippen LogP contribution in [0.1, 0.15) is 50.5 Å². The molecule has 0 radical (unpaired) electrons. The second-order valence-electron chi connectivity index (χ2n) is 9.63. The van der Waals surface area contributed by atoms with Gasteiger partial charge in [0.05, 0.1) is 24.6 Å². The topological polar surface area (TPSA) is 70.7 Å². The van der Waals surface area contributed by atoms with Gasteiger partial charge in [-0.3, -0.25) is 9.59 Å². The normalized spacial score (nSPS) is 15.4. The third-order valence-electron chi connectivity index (χ3n) is 5.76. The molecule has 1 fully saturated rings. The Hall–Kier alpha value is -2.86. The molecule has 1 aliphatic heterocycles. The van der Waals surface area contributed by atoms with E-state index in [-0.39, 0.29) is 23.1 Å². The largest absolute Gasteiger partial charge is 0.378 e. The number of carbonyl (C=O) groups is 2.